The first-order chi connectivity index (χ1) is 15.4. The maximum atomic E-state index is 13.4. The number of rotatable bonds is 8. The van der Waals surface area contributed by atoms with Crippen molar-refractivity contribution in [3.8, 4) is 11.5 Å². The lowest BCUT2D eigenvalue weighted by atomic mass is 10.1. The molecule has 1 N–H and O–H groups in total. The minimum Gasteiger partial charge on any atom is -0.490 e. The summed E-state index contributed by atoms with van der Waals surface area (Å²) in [6.45, 7) is 4.20. The summed E-state index contributed by atoms with van der Waals surface area (Å²) in [5.41, 5.74) is 4.98. The van der Waals surface area contributed by atoms with Gasteiger partial charge in [-0.3, -0.25) is 4.79 Å². The molecule has 0 spiro atoms. The lowest BCUT2D eigenvalue weighted by Crippen LogP contribution is -2.17. The Labute approximate surface area is 195 Å². The maximum Gasteiger partial charge on any atom is 0.271 e. The third kappa shape index (κ3) is 6.22. The van der Waals surface area contributed by atoms with Crippen LogP contribution >= 0.6 is 23.2 Å². The van der Waals surface area contributed by atoms with Crippen LogP contribution < -0.4 is 14.9 Å². The van der Waals surface area contributed by atoms with Gasteiger partial charge in [0.25, 0.3) is 5.91 Å². The van der Waals surface area contributed by atoms with Crippen LogP contribution in [0.15, 0.2) is 59.7 Å². The summed E-state index contributed by atoms with van der Waals surface area (Å²) < 4.78 is 24.8. The first-order valence-electron chi connectivity index (χ1n) is 9.80. The lowest BCUT2D eigenvalue weighted by Gasteiger charge is -2.14. The largest absolute Gasteiger partial charge is 0.490 e. The van der Waals surface area contributed by atoms with Crippen LogP contribution in [-0.4, -0.2) is 18.7 Å². The number of nitrogens with zero attached hydrogens (tertiary/aromatic N) is 1. The van der Waals surface area contributed by atoms with Crippen molar-refractivity contribution in [2.45, 2.75) is 20.5 Å². The Kier molecular flexibility index (Phi) is 8.09. The number of hydrogen-bond donors (Lipinski definition) is 1. The van der Waals surface area contributed by atoms with Crippen LogP contribution in [-0.2, 0) is 6.61 Å². The SMILES string of the molecule is CCOc1cc(/C=N\NC(=O)c2ccc(C)c(Cl)c2)cc(Cl)c1OCc1cccc(F)c1. The molecule has 3 aromatic rings. The number of ether oxygens (including phenoxy) is 2. The monoisotopic (exact) mass is 474 g/mol. The van der Waals surface area contributed by atoms with Crippen LogP contribution in [0.25, 0.3) is 0 Å². The fourth-order valence-electron chi connectivity index (χ4n) is 2.81. The van der Waals surface area contributed by atoms with Crippen LogP contribution in [0.1, 0.15) is 34.0 Å². The number of carbonyl (C=O) groups is 1. The van der Waals surface area contributed by atoms with Crippen molar-refractivity contribution >= 4 is 35.3 Å². The van der Waals surface area contributed by atoms with E-state index in [0.717, 1.165) is 5.56 Å². The van der Waals surface area contributed by atoms with Crippen molar-refractivity contribution in [2.75, 3.05) is 6.61 Å². The normalized spacial score (nSPS) is 10.9. The van der Waals surface area contributed by atoms with Gasteiger partial charge in [-0.2, -0.15) is 5.10 Å². The molecule has 5 nitrogen and oxygen atoms in total. The first-order valence-corrected chi connectivity index (χ1v) is 10.6. The molecule has 0 aliphatic rings. The predicted molar refractivity (Wildman–Crippen MR) is 125 cm³/mol. The molecular formula is C24H21Cl2FN2O3. The molecule has 0 aromatic heterocycles. The van der Waals surface area contributed by atoms with Gasteiger partial charge in [0.1, 0.15) is 12.4 Å². The van der Waals surface area contributed by atoms with E-state index in [2.05, 4.69) is 10.5 Å². The Balaban J connectivity index is 1.72. The lowest BCUT2D eigenvalue weighted by molar-refractivity contribution is 0.0955. The van der Waals surface area contributed by atoms with Crippen LogP contribution in [0.4, 0.5) is 4.39 Å². The highest BCUT2D eigenvalue weighted by molar-refractivity contribution is 6.32. The fourth-order valence-corrected chi connectivity index (χ4v) is 3.27. The van der Waals surface area contributed by atoms with Gasteiger partial charge in [0.05, 0.1) is 17.8 Å². The van der Waals surface area contributed by atoms with Gasteiger partial charge in [-0.25, -0.2) is 9.82 Å². The van der Waals surface area contributed by atoms with E-state index >= 15 is 0 Å². The Hall–Kier alpha value is -3.09. The molecule has 32 heavy (non-hydrogen) atoms. The van der Waals surface area contributed by atoms with E-state index in [9.17, 15) is 9.18 Å². The molecule has 0 unspecified atom stereocenters. The van der Waals surface area contributed by atoms with E-state index in [1.165, 1.54) is 18.3 Å². The predicted octanol–water partition coefficient (Wildman–Crippen LogP) is 6.18. The zero-order valence-corrected chi connectivity index (χ0v) is 19.0. The van der Waals surface area contributed by atoms with Crippen LogP contribution in [0.2, 0.25) is 10.0 Å². The molecule has 0 aliphatic heterocycles. The van der Waals surface area contributed by atoms with E-state index in [0.29, 0.717) is 44.8 Å². The topological polar surface area (TPSA) is 59.9 Å². The van der Waals surface area contributed by atoms with Gasteiger partial charge in [-0.1, -0.05) is 41.4 Å². The van der Waals surface area contributed by atoms with Crippen molar-refractivity contribution in [3.05, 3.63) is 92.7 Å². The number of nitrogens with one attached hydrogen (secondary N) is 1. The average Bonchev–Trinajstić information content (AvgIpc) is 2.75. The molecule has 0 bridgehead atoms. The Morgan fingerprint density at radius 2 is 1.91 bits per heavy atom. The summed E-state index contributed by atoms with van der Waals surface area (Å²) in [6.07, 6.45) is 1.44. The highest BCUT2D eigenvalue weighted by Gasteiger charge is 2.13. The van der Waals surface area contributed by atoms with Crippen molar-refractivity contribution < 1.29 is 18.7 Å². The number of aryl methyl sites for hydroxylation is 1. The van der Waals surface area contributed by atoms with Gasteiger partial charge >= 0.3 is 0 Å². The molecule has 8 heteroatoms. The molecule has 0 radical (unpaired) electrons. The molecule has 166 valence electrons. The highest BCUT2D eigenvalue weighted by atomic mass is 35.5. The van der Waals surface area contributed by atoms with Gasteiger partial charge in [-0.15, -0.1) is 0 Å². The van der Waals surface area contributed by atoms with Crippen LogP contribution in [0, 0.1) is 12.7 Å². The van der Waals surface area contributed by atoms with Crippen molar-refractivity contribution in [3.63, 3.8) is 0 Å². The van der Waals surface area contributed by atoms with Crippen molar-refractivity contribution in [1.82, 2.24) is 5.43 Å². The molecule has 3 aromatic carbocycles. The van der Waals surface area contributed by atoms with Crippen molar-refractivity contribution in [1.29, 1.82) is 0 Å². The van der Waals surface area contributed by atoms with E-state index in [1.54, 1.807) is 42.5 Å². The molecule has 0 aliphatic carbocycles. The molecular weight excluding hydrogens is 454 g/mol. The molecule has 0 atom stereocenters. The quantitative estimate of drug-likeness (QED) is 0.313. The summed E-state index contributed by atoms with van der Waals surface area (Å²) in [7, 11) is 0. The van der Waals surface area contributed by atoms with E-state index in [1.807, 2.05) is 13.8 Å². The minimum atomic E-state index is -0.394. The van der Waals surface area contributed by atoms with Gasteiger partial charge in [-0.05, 0) is 66.9 Å². The third-order valence-electron chi connectivity index (χ3n) is 4.42. The summed E-state index contributed by atoms with van der Waals surface area (Å²) in [5.74, 6) is 0.0147. The summed E-state index contributed by atoms with van der Waals surface area (Å²) in [6, 6.07) is 14.4. The fraction of sp³-hybridized carbons (Fsp3) is 0.167. The van der Waals surface area contributed by atoms with E-state index in [4.69, 9.17) is 32.7 Å². The first kappa shape index (κ1) is 23.6. The Morgan fingerprint density at radius 1 is 1.09 bits per heavy atom. The number of halogens is 3. The second-order valence-corrected chi connectivity index (χ2v) is 7.66. The molecule has 0 heterocycles. The standard InChI is InChI=1S/C24H21Cl2FN2O3/c1-3-31-22-11-17(13-28-29-24(30)18-8-7-15(2)20(25)12-18)10-21(26)23(22)32-14-16-5-4-6-19(27)9-16/h4-13H,3,14H2,1-2H3,(H,29,30)/b28-13-. The second-order valence-electron chi connectivity index (χ2n) is 6.84. The molecule has 1 amide bonds. The molecule has 0 saturated carbocycles. The Morgan fingerprint density at radius 3 is 2.62 bits per heavy atom. The molecule has 3 rings (SSSR count). The van der Waals surface area contributed by atoms with Gasteiger partial charge < -0.3 is 9.47 Å². The van der Waals surface area contributed by atoms with Gasteiger partial charge in [0.2, 0.25) is 0 Å². The van der Waals surface area contributed by atoms with Crippen LogP contribution in [0.5, 0.6) is 11.5 Å². The van der Waals surface area contributed by atoms with E-state index in [-0.39, 0.29) is 12.4 Å². The molecule has 0 fully saturated rings. The van der Waals surface area contributed by atoms with Gasteiger partial charge in [0.15, 0.2) is 11.5 Å². The maximum absolute atomic E-state index is 13.4. The number of hydrogen-bond acceptors (Lipinski definition) is 4. The van der Waals surface area contributed by atoms with Crippen LogP contribution in [0.3, 0.4) is 0 Å². The van der Waals surface area contributed by atoms with Gasteiger partial charge in [0, 0.05) is 10.6 Å². The summed E-state index contributed by atoms with van der Waals surface area (Å²) in [4.78, 5) is 12.3. The summed E-state index contributed by atoms with van der Waals surface area (Å²) in [5, 5.41) is 4.78. The highest BCUT2D eigenvalue weighted by Crippen LogP contribution is 2.37. The minimum absolute atomic E-state index is 0.125. The zero-order chi connectivity index (χ0) is 23.1. The second kappa shape index (κ2) is 11.0. The summed E-state index contributed by atoms with van der Waals surface area (Å²) >= 11 is 12.5. The third-order valence-corrected chi connectivity index (χ3v) is 5.11. The Bertz CT molecular complexity index is 1150. The number of hydrazone groups is 1. The zero-order valence-electron chi connectivity index (χ0n) is 17.5. The van der Waals surface area contributed by atoms with E-state index < -0.39 is 5.91 Å². The smallest absolute Gasteiger partial charge is 0.271 e. The average molecular weight is 475 g/mol. The number of carbonyl (C=O) groups excluding carboxylic acids is 1. The van der Waals surface area contributed by atoms with Crippen molar-refractivity contribution in [2.24, 2.45) is 5.10 Å². The number of amides is 1. The number of benzene rings is 3. The molecule has 0 saturated heterocycles.